The molecular formula is C13H26IN3. The SMILES string of the molecule is CN=C(NC1CCC1)NC1CCCC(C)C1.I. The molecule has 100 valence electrons. The molecule has 0 heterocycles. The first-order valence-corrected chi connectivity index (χ1v) is 6.78. The van der Waals surface area contributed by atoms with E-state index in [2.05, 4.69) is 22.5 Å². The summed E-state index contributed by atoms with van der Waals surface area (Å²) in [7, 11) is 1.88. The molecule has 17 heavy (non-hydrogen) atoms. The molecule has 3 nitrogen and oxygen atoms in total. The number of rotatable bonds is 2. The zero-order valence-corrected chi connectivity index (χ0v) is 13.4. The largest absolute Gasteiger partial charge is 0.354 e. The number of guanidine groups is 1. The van der Waals surface area contributed by atoms with E-state index in [4.69, 9.17) is 0 Å². The van der Waals surface area contributed by atoms with Crippen molar-refractivity contribution in [2.75, 3.05) is 7.05 Å². The van der Waals surface area contributed by atoms with Crippen LogP contribution in [0.15, 0.2) is 4.99 Å². The van der Waals surface area contributed by atoms with Crippen molar-refractivity contribution in [3.8, 4) is 0 Å². The van der Waals surface area contributed by atoms with E-state index >= 15 is 0 Å². The quantitative estimate of drug-likeness (QED) is 0.456. The summed E-state index contributed by atoms with van der Waals surface area (Å²) in [6.45, 7) is 2.36. The summed E-state index contributed by atoms with van der Waals surface area (Å²) in [4.78, 5) is 4.32. The summed E-state index contributed by atoms with van der Waals surface area (Å²) in [6.07, 6.45) is 9.34. The molecule has 0 aromatic carbocycles. The number of aliphatic imine (C=N–C) groups is 1. The van der Waals surface area contributed by atoms with Gasteiger partial charge in [-0.25, -0.2) is 0 Å². The highest BCUT2D eigenvalue weighted by atomic mass is 127. The molecule has 4 heteroatoms. The van der Waals surface area contributed by atoms with Crippen LogP contribution in [0.4, 0.5) is 0 Å². The first-order chi connectivity index (χ1) is 7.78. The third-order valence-electron chi connectivity index (χ3n) is 3.95. The van der Waals surface area contributed by atoms with Crippen molar-refractivity contribution >= 4 is 29.9 Å². The summed E-state index contributed by atoms with van der Waals surface area (Å²) in [5.41, 5.74) is 0. The van der Waals surface area contributed by atoms with Crippen molar-refractivity contribution in [3.05, 3.63) is 0 Å². The van der Waals surface area contributed by atoms with Crippen LogP contribution >= 0.6 is 24.0 Å². The minimum absolute atomic E-state index is 0. The Bertz CT molecular complexity index is 251. The third kappa shape index (κ3) is 4.64. The molecule has 2 N–H and O–H groups in total. The Morgan fingerprint density at radius 1 is 1.00 bits per heavy atom. The lowest BCUT2D eigenvalue weighted by molar-refractivity contribution is 0.319. The number of hydrogen-bond donors (Lipinski definition) is 2. The lowest BCUT2D eigenvalue weighted by Crippen LogP contribution is -2.50. The summed E-state index contributed by atoms with van der Waals surface area (Å²) < 4.78 is 0. The van der Waals surface area contributed by atoms with Crippen LogP contribution in [0.5, 0.6) is 0 Å². The molecule has 0 saturated heterocycles. The average molecular weight is 351 g/mol. The molecule has 2 unspecified atom stereocenters. The Morgan fingerprint density at radius 3 is 2.12 bits per heavy atom. The van der Waals surface area contributed by atoms with Crippen LogP contribution in [-0.2, 0) is 0 Å². The maximum absolute atomic E-state index is 4.32. The van der Waals surface area contributed by atoms with E-state index in [1.165, 1.54) is 44.9 Å². The molecule has 0 aromatic rings. The smallest absolute Gasteiger partial charge is 0.191 e. The molecule has 0 radical (unpaired) electrons. The van der Waals surface area contributed by atoms with Crippen molar-refractivity contribution in [2.24, 2.45) is 10.9 Å². The van der Waals surface area contributed by atoms with Gasteiger partial charge in [-0.05, 0) is 38.0 Å². The summed E-state index contributed by atoms with van der Waals surface area (Å²) >= 11 is 0. The molecule has 2 saturated carbocycles. The van der Waals surface area contributed by atoms with E-state index in [1.807, 2.05) is 7.05 Å². The molecule has 0 bridgehead atoms. The van der Waals surface area contributed by atoms with Crippen molar-refractivity contribution in [2.45, 2.75) is 64.0 Å². The van der Waals surface area contributed by atoms with Gasteiger partial charge in [0.1, 0.15) is 0 Å². The van der Waals surface area contributed by atoms with Crippen molar-refractivity contribution in [1.82, 2.24) is 10.6 Å². The van der Waals surface area contributed by atoms with Gasteiger partial charge in [0.05, 0.1) is 0 Å². The summed E-state index contributed by atoms with van der Waals surface area (Å²) in [6, 6.07) is 1.31. The number of nitrogens with zero attached hydrogens (tertiary/aromatic N) is 1. The van der Waals surface area contributed by atoms with Crippen LogP contribution in [0.1, 0.15) is 51.9 Å². The van der Waals surface area contributed by atoms with Gasteiger partial charge >= 0.3 is 0 Å². The minimum Gasteiger partial charge on any atom is -0.354 e. The number of nitrogens with one attached hydrogen (secondary N) is 2. The van der Waals surface area contributed by atoms with E-state index < -0.39 is 0 Å². The zero-order chi connectivity index (χ0) is 11.4. The highest BCUT2D eigenvalue weighted by Gasteiger charge is 2.22. The Kier molecular flexibility index (Phi) is 6.59. The predicted molar refractivity (Wildman–Crippen MR) is 84.1 cm³/mol. The second kappa shape index (κ2) is 7.44. The maximum atomic E-state index is 4.32. The lowest BCUT2D eigenvalue weighted by Gasteiger charge is -2.32. The van der Waals surface area contributed by atoms with Crippen molar-refractivity contribution < 1.29 is 0 Å². The van der Waals surface area contributed by atoms with Crippen LogP contribution in [-0.4, -0.2) is 25.1 Å². The summed E-state index contributed by atoms with van der Waals surface area (Å²) in [5.74, 6) is 1.89. The van der Waals surface area contributed by atoms with Crippen LogP contribution < -0.4 is 10.6 Å². The van der Waals surface area contributed by atoms with E-state index in [1.54, 1.807) is 0 Å². The first-order valence-electron chi connectivity index (χ1n) is 6.78. The van der Waals surface area contributed by atoms with Crippen molar-refractivity contribution in [3.63, 3.8) is 0 Å². The minimum atomic E-state index is 0. The normalized spacial score (nSPS) is 30.1. The van der Waals surface area contributed by atoms with Gasteiger partial charge in [-0.1, -0.05) is 19.8 Å². The zero-order valence-electron chi connectivity index (χ0n) is 11.0. The standard InChI is InChI=1S/C13H25N3.HI/c1-10-5-3-8-12(9-10)16-13(14-2)15-11-6-4-7-11;/h10-12H,3-9H2,1-2H3,(H2,14,15,16);1H. The highest BCUT2D eigenvalue weighted by molar-refractivity contribution is 14.0. The molecule has 2 fully saturated rings. The van der Waals surface area contributed by atoms with Gasteiger partial charge < -0.3 is 10.6 Å². The van der Waals surface area contributed by atoms with Crippen LogP contribution in [0, 0.1) is 5.92 Å². The Labute approximate surface area is 122 Å². The fourth-order valence-corrected chi connectivity index (χ4v) is 2.68. The Morgan fingerprint density at radius 2 is 1.59 bits per heavy atom. The Hall–Kier alpha value is 0. The molecule has 0 aromatic heterocycles. The van der Waals surface area contributed by atoms with Gasteiger partial charge in [0, 0.05) is 19.1 Å². The van der Waals surface area contributed by atoms with E-state index in [0.29, 0.717) is 12.1 Å². The van der Waals surface area contributed by atoms with Gasteiger partial charge in [-0.15, -0.1) is 24.0 Å². The average Bonchev–Trinajstić information content (AvgIpc) is 2.21. The van der Waals surface area contributed by atoms with Gasteiger partial charge in [-0.3, -0.25) is 4.99 Å². The number of halogens is 1. The third-order valence-corrected chi connectivity index (χ3v) is 3.95. The number of hydrogen-bond acceptors (Lipinski definition) is 1. The lowest BCUT2D eigenvalue weighted by atomic mass is 9.87. The molecule has 2 aliphatic rings. The van der Waals surface area contributed by atoms with Crippen LogP contribution in [0.25, 0.3) is 0 Å². The second-order valence-electron chi connectivity index (χ2n) is 5.46. The topological polar surface area (TPSA) is 36.4 Å². The second-order valence-corrected chi connectivity index (χ2v) is 5.46. The first kappa shape index (κ1) is 15.1. The molecule has 2 atom stereocenters. The van der Waals surface area contributed by atoms with E-state index in [-0.39, 0.29) is 24.0 Å². The molecule has 2 rings (SSSR count). The summed E-state index contributed by atoms with van der Waals surface area (Å²) in [5, 5.41) is 7.08. The van der Waals surface area contributed by atoms with Crippen LogP contribution in [0.3, 0.4) is 0 Å². The van der Waals surface area contributed by atoms with Gasteiger partial charge in [0.25, 0.3) is 0 Å². The van der Waals surface area contributed by atoms with Gasteiger partial charge in [0.2, 0.25) is 0 Å². The Balaban J connectivity index is 0.00000144. The molecule has 0 spiro atoms. The van der Waals surface area contributed by atoms with Gasteiger partial charge in [-0.2, -0.15) is 0 Å². The van der Waals surface area contributed by atoms with Gasteiger partial charge in [0.15, 0.2) is 5.96 Å². The van der Waals surface area contributed by atoms with Crippen molar-refractivity contribution in [1.29, 1.82) is 0 Å². The molecule has 0 aliphatic heterocycles. The van der Waals surface area contributed by atoms with E-state index in [0.717, 1.165) is 11.9 Å². The highest BCUT2D eigenvalue weighted by Crippen LogP contribution is 2.23. The fraction of sp³-hybridized carbons (Fsp3) is 0.923. The maximum Gasteiger partial charge on any atom is 0.191 e. The predicted octanol–water partition coefficient (Wildman–Crippen LogP) is 2.90. The molecular weight excluding hydrogens is 325 g/mol. The fourth-order valence-electron chi connectivity index (χ4n) is 2.68. The molecule has 2 aliphatic carbocycles. The van der Waals surface area contributed by atoms with Crippen LogP contribution in [0.2, 0.25) is 0 Å². The van der Waals surface area contributed by atoms with E-state index in [9.17, 15) is 0 Å². The molecule has 0 amide bonds. The monoisotopic (exact) mass is 351 g/mol.